The van der Waals surface area contributed by atoms with Crippen LogP contribution < -0.4 is 4.90 Å². The molecule has 0 aromatic carbocycles. The van der Waals surface area contributed by atoms with Crippen molar-refractivity contribution >= 4 is 21.6 Å². The van der Waals surface area contributed by atoms with E-state index in [2.05, 4.69) is 59.6 Å². The molecule has 0 aliphatic carbocycles. The van der Waals surface area contributed by atoms with E-state index in [1.54, 1.807) is 11.8 Å². The lowest BCUT2D eigenvalue weighted by Gasteiger charge is -2.35. The second kappa shape index (κ2) is 7.78. The molecule has 1 aliphatic heterocycles. The summed E-state index contributed by atoms with van der Waals surface area (Å²) < 4.78 is 14.8. The molecule has 1 aliphatic rings. The van der Waals surface area contributed by atoms with Gasteiger partial charge in [-0.25, -0.2) is 4.39 Å². The molecule has 2 nitrogen and oxygen atoms in total. The predicted molar refractivity (Wildman–Crippen MR) is 99.3 cm³/mol. The first-order chi connectivity index (χ1) is 10.8. The van der Waals surface area contributed by atoms with E-state index in [0.29, 0.717) is 17.0 Å². The van der Waals surface area contributed by atoms with Crippen molar-refractivity contribution in [1.82, 2.24) is 4.98 Å². The lowest BCUT2D eigenvalue weighted by atomic mass is 9.82. The molecule has 1 aromatic heterocycles. The predicted octanol–water partition coefficient (Wildman–Crippen LogP) is 5.97. The van der Waals surface area contributed by atoms with Gasteiger partial charge in [-0.2, -0.15) is 0 Å². The normalized spacial score (nSPS) is 17.7. The van der Waals surface area contributed by atoms with E-state index in [0.717, 1.165) is 30.4 Å². The Morgan fingerprint density at radius 3 is 2.52 bits per heavy atom. The number of allylic oxidation sites excluding steroid dienone is 2. The number of halogens is 2. The zero-order valence-electron chi connectivity index (χ0n) is 14.7. The van der Waals surface area contributed by atoms with Crippen LogP contribution in [0.4, 0.5) is 10.1 Å². The van der Waals surface area contributed by atoms with E-state index in [4.69, 9.17) is 0 Å². The molecule has 0 N–H and O–H groups in total. The summed E-state index contributed by atoms with van der Waals surface area (Å²) in [4.78, 5) is 6.03. The molecule has 1 fully saturated rings. The maximum atomic E-state index is 14.1. The van der Waals surface area contributed by atoms with Crippen molar-refractivity contribution in [2.24, 2.45) is 11.3 Å². The Bertz CT molecular complexity index is 535. The molecule has 0 radical (unpaired) electrons. The maximum absolute atomic E-state index is 14.1. The van der Waals surface area contributed by atoms with Gasteiger partial charge in [0.05, 0.1) is 16.4 Å². The van der Waals surface area contributed by atoms with Gasteiger partial charge in [0, 0.05) is 19.3 Å². The van der Waals surface area contributed by atoms with Crippen molar-refractivity contribution in [3.05, 3.63) is 34.3 Å². The number of anilines is 1. The number of rotatable bonds is 4. The molecule has 0 saturated carbocycles. The third-order valence-corrected chi connectivity index (χ3v) is 5.28. The third kappa shape index (κ3) is 5.03. The first-order valence-electron chi connectivity index (χ1n) is 8.51. The molecule has 0 atom stereocenters. The summed E-state index contributed by atoms with van der Waals surface area (Å²) in [5.41, 5.74) is 2.61. The highest BCUT2D eigenvalue weighted by molar-refractivity contribution is 9.10. The number of hydrogen-bond donors (Lipinski definition) is 0. The minimum absolute atomic E-state index is 0.239. The Balaban J connectivity index is 1.98. The van der Waals surface area contributed by atoms with Gasteiger partial charge in [-0.05, 0) is 59.9 Å². The van der Waals surface area contributed by atoms with Crippen LogP contribution in [0, 0.1) is 17.2 Å². The molecular formula is C19H28BrFN2. The van der Waals surface area contributed by atoms with Gasteiger partial charge >= 0.3 is 0 Å². The van der Waals surface area contributed by atoms with Gasteiger partial charge < -0.3 is 4.90 Å². The van der Waals surface area contributed by atoms with Crippen molar-refractivity contribution in [3.8, 4) is 0 Å². The SMILES string of the molecule is CC=C(CCC(C)(C)C)C1CCN(c2c(F)cncc2Br)CC1. The zero-order chi connectivity index (χ0) is 17.0. The van der Waals surface area contributed by atoms with E-state index < -0.39 is 0 Å². The fourth-order valence-electron chi connectivity index (χ4n) is 3.28. The van der Waals surface area contributed by atoms with E-state index in [-0.39, 0.29) is 5.82 Å². The average molecular weight is 383 g/mol. The molecule has 0 bridgehead atoms. The largest absolute Gasteiger partial charge is 0.368 e. The summed E-state index contributed by atoms with van der Waals surface area (Å²) in [5.74, 6) is 0.402. The standard InChI is InChI=1S/C19H28BrFN2/c1-5-14(6-9-19(2,3)4)15-7-10-23(11-8-15)18-16(20)12-22-13-17(18)21/h5,12-13,15H,6-11H2,1-4H3. The Morgan fingerprint density at radius 1 is 1.35 bits per heavy atom. The van der Waals surface area contributed by atoms with Crippen LogP contribution in [0.15, 0.2) is 28.5 Å². The molecule has 0 unspecified atom stereocenters. The van der Waals surface area contributed by atoms with Gasteiger partial charge in [0.25, 0.3) is 0 Å². The quantitative estimate of drug-likeness (QED) is 0.596. The van der Waals surface area contributed by atoms with E-state index in [1.807, 2.05) is 0 Å². The van der Waals surface area contributed by atoms with Crippen molar-refractivity contribution in [3.63, 3.8) is 0 Å². The van der Waals surface area contributed by atoms with E-state index in [9.17, 15) is 4.39 Å². The van der Waals surface area contributed by atoms with Gasteiger partial charge in [-0.3, -0.25) is 4.98 Å². The fraction of sp³-hybridized carbons (Fsp3) is 0.632. The third-order valence-electron chi connectivity index (χ3n) is 4.70. The molecule has 128 valence electrons. The molecular weight excluding hydrogens is 355 g/mol. The van der Waals surface area contributed by atoms with Crippen molar-refractivity contribution in [1.29, 1.82) is 0 Å². The van der Waals surface area contributed by atoms with Crippen molar-refractivity contribution in [2.45, 2.75) is 53.4 Å². The number of nitrogens with zero attached hydrogens (tertiary/aromatic N) is 2. The van der Waals surface area contributed by atoms with Crippen LogP contribution in [0.2, 0.25) is 0 Å². The number of hydrogen-bond acceptors (Lipinski definition) is 2. The highest BCUT2D eigenvalue weighted by Gasteiger charge is 2.25. The lowest BCUT2D eigenvalue weighted by molar-refractivity contribution is 0.359. The molecule has 2 rings (SSSR count). The summed E-state index contributed by atoms with van der Waals surface area (Å²) in [7, 11) is 0. The van der Waals surface area contributed by atoms with Crippen LogP contribution in [-0.4, -0.2) is 18.1 Å². The number of pyridine rings is 1. The van der Waals surface area contributed by atoms with Gasteiger partial charge in [0.1, 0.15) is 0 Å². The first-order valence-corrected chi connectivity index (χ1v) is 9.30. The van der Waals surface area contributed by atoms with Crippen LogP contribution in [0.5, 0.6) is 0 Å². The molecule has 0 spiro atoms. The summed E-state index contributed by atoms with van der Waals surface area (Å²) in [6, 6.07) is 0. The van der Waals surface area contributed by atoms with Crippen LogP contribution in [0.3, 0.4) is 0 Å². The molecule has 0 amide bonds. The van der Waals surface area contributed by atoms with E-state index >= 15 is 0 Å². The van der Waals surface area contributed by atoms with Crippen molar-refractivity contribution < 1.29 is 4.39 Å². The Morgan fingerprint density at radius 2 is 2.00 bits per heavy atom. The number of piperidine rings is 1. The highest BCUT2D eigenvalue weighted by Crippen LogP contribution is 2.35. The molecule has 1 aromatic rings. The average Bonchev–Trinajstić information content (AvgIpc) is 2.48. The van der Waals surface area contributed by atoms with Crippen LogP contribution in [0.1, 0.15) is 53.4 Å². The monoisotopic (exact) mass is 382 g/mol. The van der Waals surface area contributed by atoms with Crippen LogP contribution >= 0.6 is 15.9 Å². The topological polar surface area (TPSA) is 16.1 Å². The van der Waals surface area contributed by atoms with Gasteiger partial charge in [-0.1, -0.05) is 32.4 Å². The first kappa shape index (κ1) is 18.4. The Hall–Kier alpha value is -0.900. The highest BCUT2D eigenvalue weighted by atomic mass is 79.9. The second-order valence-electron chi connectivity index (χ2n) is 7.64. The smallest absolute Gasteiger partial charge is 0.165 e. The molecule has 1 saturated heterocycles. The van der Waals surface area contributed by atoms with Crippen molar-refractivity contribution in [2.75, 3.05) is 18.0 Å². The van der Waals surface area contributed by atoms with Gasteiger partial charge in [0.15, 0.2) is 5.82 Å². The van der Waals surface area contributed by atoms with Crippen LogP contribution in [0.25, 0.3) is 0 Å². The summed E-state index contributed by atoms with van der Waals surface area (Å²) in [6.07, 6.45) is 9.86. The summed E-state index contributed by atoms with van der Waals surface area (Å²) in [6.45, 7) is 10.9. The molecule has 2 heterocycles. The number of aromatic nitrogens is 1. The minimum Gasteiger partial charge on any atom is -0.368 e. The Kier molecular flexibility index (Phi) is 6.24. The summed E-state index contributed by atoms with van der Waals surface area (Å²) in [5, 5.41) is 0. The maximum Gasteiger partial charge on any atom is 0.165 e. The van der Waals surface area contributed by atoms with Gasteiger partial charge in [0.2, 0.25) is 0 Å². The van der Waals surface area contributed by atoms with Crippen LogP contribution in [-0.2, 0) is 0 Å². The second-order valence-corrected chi connectivity index (χ2v) is 8.49. The van der Waals surface area contributed by atoms with E-state index in [1.165, 1.54) is 19.0 Å². The molecule has 4 heteroatoms. The zero-order valence-corrected chi connectivity index (χ0v) is 16.3. The Labute approximate surface area is 148 Å². The summed E-state index contributed by atoms with van der Waals surface area (Å²) >= 11 is 3.43. The fourth-order valence-corrected chi connectivity index (χ4v) is 3.84. The van der Waals surface area contributed by atoms with Gasteiger partial charge in [-0.15, -0.1) is 0 Å². The lowest BCUT2D eigenvalue weighted by Crippen LogP contribution is -2.35. The minimum atomic E-state index is -0.239. The molecule has 23 heavy (non-hydrogen) atoms.